The number of nitrogens with two attached hydrogens (primary N) is 1. The summed E-state index contributed by atoms with van der Waals surface area (Å²) in [6.07, 6.45) is 1.59. The lowest BCUT2D eigenvalue weighted by Gasteiger charge is -2.15. The Morgan fingerprint density at radius 3 is 2.59 bits per heavy atom. The average Bonchev–Trinajstić information content (AvgIpc) is 2.67. The van der Waals surface area contributed by atoms with Gasteiger partial charge in [-0.3, -0.25) is 0 Å². The molecule has 0 saturated carbocycles. The van der Waals surface area contributed by atoms with Crippen LogP contribution in [0, 0.1) is 11.8 Å². The number of aliphatic hydroxyl groups is 2. The molecule has 2 atom stereocenters. The zero-order valence-electron chi connectivity index (χ0n) is 10.4. The van der Waals surface area contributed by atoms with E-state index < -0.39 is 0 Å². The van der Waals surface area contributed by atoms with Crippen LogP contribution in [0.2, 0.25) is 0 Å². The first-order chi connectivity index (χ1) is 8.08. The second-order valence-electron chi connectivity index (χ2n) is 4.59. The van der Waals surface area contributed by atoms with Crippen molar-refractivity contribution in [1.29, 1.82) is 0 Å². The third-order valence-electron chi connectivity index (χ3n) is 2.59. The number of nitrogen functional groups attached to an aromatic ring is 1. The summed E-state index contributed by atoms with van der Waals surface area (Å²) < 4.78 is 1.75. The Bertz CT molecular complexity index is 340. The zero-order valence-corrected chi connectivity index (χ0v) is 10.4. The van der Waals surface area contributed by atoms with Gasteiger partial charge >= 0.3 is 0 Å². The third-order valence-corrected chi connectivity index (χ3v) is 2.59. The lowest BCUT2D eigenvalue weighted by Crippen LogP contribution is -2.20. The molecule has 0 saturated heterocycles. The van der Waals surface area contributed by atoms with Crippen molar-refractivity contribution < 1.29 is 10.2 Å². The summed E-state index contributed by atoms with van der Waals surface area (Å²) in [5, 5.41) is 25.3. The van der Waals surface area contributed by atoms with Crippen LogP contribution in [0.3, 0.4) is 0 Å². The van der Waals surface area contributed by atoms with Gasteiger partial charge in [-0.05, 0) is 11.8 Å². The van der Waals surface area contributed by atoms with Gasteiger partial charge in [-0.2, -0.15) is 5.10 Å². The highest BCUT2D eigenvalue weighted by Crippen LogP contribution is 2.19. The van der Waals surface area contributed by atoms with Crippen LogP contribution in [0.15, 0.2) is 6.20 Å². The highest BCUT2D eigenvalue weighted by Gasteiger charge is 2.11. The number of aliphatic hydroxyl groups excluding tert-OH is 2. The lowest BCUT2D eigenvalue weighted by atomic mass is 10.2. The predicted molar refractivity (Wildman–Crippen MR) is 67.6 cm³/mol. The summed E-state index contributed by atoms with van der Waals surface area (Å²) in [6, 6.07) is 0. The van der Waals surface area contributed by atoms with Crippen LogP contribution in [0.4, 0.5) is 11.5 Å². The summed E-state index contributed by atoms with van der Waals surface area (Å²) in [5.41, 5.74) is 6.40. The van der Waals surface area contributed by atoms with Crippen LogP contribution in [0.1, 0.15) is 13.8 Å². The first kappa shape index (κ1) is 13.8. The molecule has 6 nitrogen and oxygen atoms in total. The molecule has 0 radical (unpaired) electrons. The number of aromatic nitrogens is 2. The topological polar surface area (TPSA) is 96.3 Å². The van der Waals surface area contributed by atoms with Gasteiger partial charge in [-0.1, -0.05) is 13.8 Å². The molecule has 0 aromatic carbocycles. The quantitative estimate of drug-likeness (QED) is 0.545. The number of nitrogens with one attached hydrogen (secondary N) is 1. The summed E-state index contributed by atoms with van der Waals surface area (Å²) in [5.74, 6) is 1.05. The molecule has 1 aromatic rings. The van der Waals surface area contributed by atoms with Gasteiger partial charge in [0.1, 0.15) is 5.82 Å². The molecule has 6 heteroatoms. The standard InChI is InChI=1S/C11H22N4O2/c1-8(6-16)3-13-11-10(12)4-14-15(11)5-9(2)7-17/h4,8-9,13,16-17H,3,5-7,12H2,1-2H3. The Morgan fingerprint density at radius 1 is 1.35 bits per heavy atom. The molecule has 0 aliphatic carbocycles. The molecule has 0 fully saturated rings. The minimum Gasteiger partial charge on any atom is -0.396 e. The van der Waals surface area contributed by atoms with Crippen molar-refractivity contribution in [2.24, 2.45) is 11.8 Å². The number of anilines is 2. The molecule has 0 spiro atoms. The van der Waals surface area contributed by atoms with Crippen molar-refractivity contribution in [3.05, 3.63) is 6.20 Å². The van der Waals surface area contributed by atoms with Crippen LogP contribution >= 0.6 is 0 Å². The molecule has 98 valence electrons. The molecule has 1 heterocycles. The second kappa shape index (κ2) is 6.46. The van der Waals surface area contributed by atoms with E-state index in [4.69, 9.17) is 15.9 Å². The number of hydrogen-bond donors (Lipinski definition) is 4. The highest BCUT2D eigenvalue weighted by atomic mass is 16.3. The smallest absolute Gasteiger partial charge is 0.147 e. The first-order valence-corrected chi connectivity index (χ1v) is 5.85. The maximum Gasteiger partial charge on any atom is 0.147 e. The molecule has 1 aromatic heterocycles. The predicted octanol–water partition coefficient (Wildman–Crippen LogP) is 0.134. The zero-order chi connectivity index (χ0) is 12.8. The van der Waals surface area contributed by atoms with Crippen molar-refractivity contribution in [2.75, 3.05) is 30.8 Å². The van der Waals surface area contributed by atoms with E-state index in [2.05, 4.69) is 10.4 Å². The Hall–Kier alpha value is -1.27. The van der Waals surface area contributed by atoms with Crippen LogP contribution < -0.4 is 11.1 Å². The molecule has 2 unspecified atom stereocenters. The molecule has 0 aliphatic rings. The van der Waals surface area contributed by atoms with Gasteiger partial charge in [0.2, 0.25) is 0 Å². The fourth-order valence-electron chi connectivity index (χ4n) is 1.42. The molecular weight excluding hydrogens is 220 g/mol. The van der Waals surface area contributed by atoms with Gasteiger partial charge in [0, 0.05) is 26.3 Å². The van der Waals surface area contributed by atoms with Crippen molar-refractivity contribution >= 4 is 11.5 Å². The first-order valence-electron chi connectivity index (χ1n) is 5.85. The lowest BCUT2D eigenvalue weighted by molar-refractivity contribution is 0.219. The van der Waals surface area contributed by atoms with Crippen molar-refractivity contribution in [1.82, 2.24) is 9.78 Å². The average molecular weight is 242 g/mol. The Labute approximate surface area is 101 Å². The molecule has 1 rings (SSSR count). The monoisotopic (exact) mass is 242 g/mol. The van der Waals surface area contributed by atoms with E-state index in [0.29, 0.717) is 18.8 Å². The largest absolute Gasteiger partial charge is 0.396 e. The van der Waals surface area contributed by atoms with E-state index in [9.17, 15) is 0 Å². The van der Waals surface area contributed by atoms with Crippen molar-refractivity contribution in [3.8, 4) is 0 Å². The minimum atomic E-state index is 0.117. The normalized spacial score (nSPS) is 14.6. The van der Waals surface area contributed by atoms with Gasteiger partial charge in [0.15, 0.2) is 0 Å². The second-order valence-corrected chi connectivity index (χ2v) is 4.59. The molecule has 0 amide bonds. The summed E-state index contributed by atoms with van der Waals surface area (Å²) in [7, 11) is 0. The van der Waals surface area contributed by atoms with E-state index in [1.165, 1.54) is 0 Å². The fraction of sp³-hybridized carbons (Fsp3) is 0.727. The summed E-state index contributed by atoms with van der Waals surface area (Å²) in [4.78, 5) is 0. The number of hydrogen-bond acceptors (Lipinski definition) is 5. The molecule has 0 aliphatic heterocycles. The number of rotatable bonds is 7. The van der Waals surface area contributed by atoms with E-state index in [1.807, 2.05) is 13.8 Å². The van der Waals surface area contributed by atoms with E-state index in [-0.39, 0.29) is 25.0 Å². The summed E-state index contributed by atoms with van der Waals surface area (Å²) in [6.45, 7) is 5.39. The number of nitrogens with zero attached hydrogens (tertiary/aromatic N) is 2. The van der Waals surface area contributed by atoms with Gasteiger partial charge < -0.3 is 21.3 Å². The maximum absolute atomic E-state index is 9.02. The SMILES string of the molecule is CC(CO)CNc1c(N)cnn1CC(C)CO. The molecule has 17 heavy (non-hydrogen) atoms. The molecular formula is C11H22N4O2. The van der Waals surface area contributed by atoms with Gasteiger partial charge in [-0.25, -0.2) is 4.68 Å². The molecule has 5 N–H and O–H groups in total. The molecule has 0 bridgehead atoms. The van der Waals surface area contributed by atoms with Crippen LogP contribution in [-0.2, 0) is 6.54 Å². The van der Waals surface area contributed by atoms with Crippen molar-refractivity contribution in [2.45, 2.75) is 20.4 Å². The van der Waals surface area contributed by atoms with E-state index in [0.717, 1.165) is 5.82 Å². The van der Waals surface area contributed by atoms with Crippen LogP contribution in [0.5, 0.6) is 0 Å². The van der Waals surface area contributed by atoms with Crippen LogP contribution in [0.25, 0.3) is 0 Å². The van der Waals surface area contributed by atoms with Gasteiger partial charge in [0.05, 0.1) is 11.9 Å². The Morgan fingerprint density at radius 2 is 2.00 bits per heavy atom. The van der Waals surface area contributed by atoms with E-state index in [1.54, 1.807) is 10.9 Å². The van der Waals surface area contributed by atoms with Crippen molar-refractivity contribution in [3.63, 3.8) is 0 Å². The fourth-order valence-corrected chi connectivity index (χ4v) is 1.42. The van der Waals surface area contributed by atoms with Crippen LogP contribution in [-0.4, -0.2) is 39.8 Å². The van der Waals surface area contributed by atoms with Gasteiger partial charge in [-0.15, -0.1) is 0 Å². The third kappa shape index (κ3) is 3.90. The van der Waals surface area contributed by atoms with E-state index >= 15 is 0 Å². The Kier molecular flexibility index (Phi) is 5.24. The minimum absolute atomic E-state index is 0.117. The maximum atomic E-state index is 9.02. The summed E-state index contributed by atoms with van der Waals surface area (Å²) >= 11 is 0. The highest BCUT2D eigenvalue weighted by molar-refractivity contribution is 5.60. The van der Waals surface area contributed by atoms with Gasteiger partial charge in [0.25, 0.3) is 0 Å². The Balaban J connectivity index is 2.66.